The van der Waals surface area contributed by atoms with Crippen molar-refractivity contribution in [1.82, 2.24) is 0 Å². The molecule has 2 rings (SSSR count). The minimum absolute atomic E-state index is 0.254. The van der Waals surface area contributed by atoms with Crippen LogP contribution in [0.3, 0.4) is 0 Å². The summed E-state index contributed by atoms with van der Waals surface area (Å²) in [5, 5.41) is 37.6. The first-order valence-corrected chi connectivity index (χ1v) is 9.85. The Labute approximate surface area is 156 Å². The molecule has 0 heterocycles. The highest BCUT2D eigenvalue weighted by atomic mass is 28.3. The van der Waals surface area contributed by atoms with Crippen molar-refractivity contribution in [1.29, 1.82) is 0 Å². The van der Waals surface area contributed by atoms with E-state index in [0.29, 0.717) is 10.4 Å². The summed E-state index contributed by atoms with van der Waals surface area (Å²) in [7, 11) is -2.27. The van der Waals surface area contributed by atoms with Gasteiger partial charge in [0.1, 0.15) is 10.5 Å². The largest absolute Gasteiger partial charge is 0.478 e. The van der Waals surface area contributed by atoms with Crippen molar-refractivity contribution in [3.05, 3.63) is 58.7 Å². The number of rotatable bonds is 7. The molecule has 0 fully saturated rings. The van der Waals surface area contributed by atoms with Crippen LogP contribution in [0.5, 0.6) is 0 Å². The van der Waals surface area contributed by atoms with Gasteiger partial charge in [-0.2, -0.15) is 0 Å². The normalized spacial score (nSPS) is 10.7. The summed E-state index contributed by atoms with van der Waals surface area (Å²) in [6.07, 6.45) is 0. The lowest BCUT2D eigenvalue weighted by molar-refractivity contribution is 0.0651. The number of hydrogen-bond donors (Lipinski definition) is 4. The van der Waals surface area contributed by atoms with Gasteiger partial charge in [-0.1, -0.05) is 12.1 Å². The summed E-state index contributed by atoms with van der Waals surface area (Å²) in [6, 6.07) is 7.57. The summed E-state index contributed by atoms with van der Waals surface area (Å²) >= 11 is 0. The molecule has 0 amide bonds. The van der Waals surface area contributed by atoms with Crippen LogP contribution in [-0.2, 0) is 4.12 Å². The maximum atomic E-state index is 11.4. The molecule has 0 aliphatic heterocycles. The molecule has 0 bridgehead atoms. The van der Waals surface area contributed by atoms with E-state index in [1.54, 1.807) is 0 Å². The zero-order valence-electron chi connectivity index (χ0n) is 13.9. The first-order chi connectivity index (χ1) is 12.7. The van der Waals surface area contributed by atoms with Crippen molar-refractivity contribution >= 4 is 53.8 Å². The number of hydrogen-bond acceptors (Lipinski definition) is 5. The van der Waals surface area contributed by atoms with Crippen molar-refractivity contribution in [3.63, 3.8) is 0 Å². The van der Waals surface area contributed by atoms with Crippen molar-refractivity contribution in [3.8, 4) is 0 Å². The smallest absolute Gasteiger partial charge is 0.336 e. The van der Waals surface area contributed by atoms with Crippen LogP contribution in [0.15, 0.2) is 36.4 Å². The Morgan fingerprint density at radius 1 is 0.667 bits per heavy atom. The van der Waals surface area contributed by atoms with E-state index in [1.807, 2.05) is 0 Å². The van der Waals surface area contributed by atoms with E-state index in [9.17, 15) is 29.4 Å². The zero-order chi connectivity index (χ0) is 20.3. The van der Waals surface area contributed by atoms with Crippen molar-refractivity contribution < 1.29 is 43.7 Å². The van der Waals surface area contributed by atoms with Gasteiger partial charge in [0.2, 0.25) is 9.04 Å². The topological polar surface area (TPSA) is 158 Å². The lowest BCUT2D eigenvalue weighted by Gasteiger charge is -2.17. The number of aromatic carboxylic acids is 4. The third-order valence-electron chi connectivity index (χ3n) is 3.85. The fourth-order valence-electron chi connectivity index (χ4n) is 2.64. The Morgan fingerprint density at radius 3 is 1.26 bits per heavy atom. The first kappa shape index (κ1) is 20.0. The molecule has 0 aromatic heterocycles. The molecule has 0 aliphatic rings. The molecule has 0 spiro atoms. The predicted molar refractivity (Wildman–Crippen MR) is 98.2 cm³/mol. The van der Waals surface area contributed by atoms with E-state index in [-0.39, 0.29) is 21.6 Å². The third-order valence-corrected chi connectivity index (χ3v) is 7.66. The molecule has 0 saturated carbocycles. The molecule has 0 radical (unpaired) electrons. The van der Waals surface area contributed by atoms with Gasteiger partial charge in [0.05, 0.1) is 22.3 Å². The molecule has 27 heavy (non-hydrogen) atoms. The fourth-order valence-corrected chi connectivity index (χ4v) is 6.38. The standard InChI is InChI=1S/C16H14O9Si2/c17-13(18)9-3-1-7(5-11(9)15(21)22)27(25-26)8-2-4-10(14(19)20)12(6-8)16(23)24/h1-6,27H,26H3,(H,17,18)(H,19,20)(H,21,22)(H,23,24). The van der Waals surface area contributed by atoms with Gasteiger partial charge in [-0.05, 0) is 34.6 Å². The van der Waals surface area contributed by atoms with Crippen LogP contribution >= 0.6 is 0 Å². The number of benzene rings is 2. The Hall–Kier alpha value is -3.29. The average Bonchev–Trinajstić information content (AvgIpc) is 2.61. The molecule has 0 unspecified atom stereocenters. The highest BCUT2D eigenvalue weighted by Gasteiger charge is 2.24. The first-order valence-electron chi connectivity index (χ1n) is 7.41. The number of carbonyl (C=O) groups is 4. The predicted octanol–water partition coefficient (Wildman–Crippen LogP) is -1.39. The Bertz CT molecular complexity index is 879. The summed E-state index contributed by atoms with van der Waals surface area (Å²) in [4.78, 5) is 45.1. The maximum absolute atomic E-state index is 11.4. The molecule has 0 atom stereocenters. The van der Waals surface area contributed by atoms with Crippen LogP contribution in [0.2, 0.25) is 0 Å². The minimum Gasteiger partial charge on any atom is -0.478 e. The molecule has 0 saturated heterocycles. The van der Waals surface area contributed by atoms with Crippen LogP contribution in [0.1, 0.15) is 41.4 Å². The van der Waals surface area contributed by atoms with Crippen LogP contribution < -0.4 is 10.4 Å². The van der Waals surface area contributed by atoms with Gasteiger partial charge in [0.15, 0.2) is 0 Å². The average molecular weight is 406 g/mol. The van der Waals surface area contributed by atoms with E-state index < -0.39 is 44.0 Å². The van der Waals surface area contributed by atoms with Gasteiger partial charge in [-0.15, -0.1) is 0 Å². The lowest BCUT2D eigenvalue weighted by Crippen LogP contribution is -2.45. The van der Waals surface area contributed by atoms with Gasteiger partial charge in [-0.25, -0.2) is 19.2 Å². The highest BCUT2D eigenvalue weighted by Crippen LogP contribution is 2.11. The van der Waals surface area contributed by atoms with Gasteiger partial charge in [-0.3, -0.25) is 0 Å². The fraction of sp³-hybridized carbons (Fsp3) is 0. The Kier molecular flexibility index (Phi) is 5.89. The van der Waals surface area contributed by atoms with Crippen molar-refractivity contribution in [2.24, 2.45) is 0 Å². The van der Waals surface area contributed by atoms with Crippen LogP contribution in [-0.4, -0.2) is 63.8 Å². The van der Waals surface area contributed by atoms with Gasteiger partial charge in [0.25, 0.3) is 0 Å². The monoisotopic (exact) mass is 406 g/mol. The minimum atomic E-state index is -2.52. The molecular weight excluding hydrogens is 392 g/mol. The summed E-state index contributed by atoms with van der Waals surface area (Å²) in [5.74, 6) is -5.60. The van der Waals surface area contributed by atoms with E-state index >= 15 is 0 Å². The van der Waals surface area contributed by atoms with Crippen molar-refractivity contribution in [2.75, 3.05) is 0 Å². The summed E-state index contributed by atoms with van der Waals surface area (Å²) in [6.45, 7) is 0. The molecule has 140 valence electrons. The second-order valence-corrected chi connectivity index (χ2v) is 9.43. The summed E-state index contributed by atoms with van der Waals surface area (Å²) < 4.78 is 5.59. The molecule has 2 aromatic carbocycles. The van der Waals surface area contributed by atoms with Crippen LogP contribution in [0.4, 0.5) is 0 Å². The maximum Gasteiger partial charge on any atom is 0.336 e. The lowest BCUT2D eigenvalue weighted by atomic mass is 10.1. The van der Waals surface area contributed by atoms with E-state index in [1.165, 1.54) is 24.3 Å². The molecule has 4 N–H and O–H groups in total. The Morgan fingerprint density at radius 2 is 1.00 bits per heavy atom. The number of carboxylic acid groups (broad SMARTS) is 4. The number of carboxylic acids is 4. The quantitative estimate of drug-likeness (QED) is 0.406. The SMILES string of the molecule is O=C(O)c1ccc([SiH](O[SiH3])c2ccc(C(=O)O)c(C(=O)O)c2)cc1C(=O)O. The van der Waals surface area contributed by atoms with Crippen molar-refractivity contribution in [2.45, 2.75) is 0 Å². The molecule has 9 nitrogen and oxygen atoms in total. The third kappa shape index (κ3) is 4.11. The molecule has 2 aromatic rings. The Balaban J connectivity index is 2.60. The second-order valence-electron chi connectivity index (χ2n) is 5.45. The zero-order valence-corrected chi connectivity index (χ0v) is 17.0. The van der Waals surface area contributed by atoms with E-state index in [0.717, 1.165) is 12.1 Å². The van der Waals surface area contributed by atoms with E-state index in [4.69, 9.17) is 14.3 Å². The van der Waals surface area contributed by atoms with Gasteiger partial charge >= 0.3 is 23.9 Å². The molecule has 11 heteroatoms. The van der Waals surface area contributed by atoms with Crippen LogP contribution in [0, 0.1) is 0 Å². The summed E-state index contributed by atoms with van der Waals surface area (Å²) in [5.41, 5.74) is -1.56. The molecule has 0 aliphatic carbocycles. The van der Waals surface area contributed by atoms with Gasteiger partial charge < -0.3 is 24.5 Å². The second kappa shape index (κ2) is 7.95. The van der Waals surface area contributed by atoms with Gasteiger partial charge in [0, 0.05) is 0 Å². The van der Waals surface area contributed by atoms with Crippen LogP contribution in [0.25, 0.3) is 0 Å². The molecular formula is C16H14O9Si2. The highest BCUT2D eigenvalue weighted by molar-refractivity contribution is 6.82. The van der Waals surface area contributed by atoms with E-state index in [2.05, 4.69) is 0 Å².